The molecular weight excluding hydrogens is 524 g/mol. The van der Waals surface area contributed by atoms with Gasteiger partial charge >= 0.3 is 12.7 Å². The van der Waals surface area contributed by atoms with Gasteiger partial charge in [0.05, 0.1) is 11.8 Å². The maximum absolute atomic E-state index is 12.5. The van der Waals surface area contributed by atoms with E-state index in [9.17, 15) is 31.1 Å². The molecule has 1 saturated carbocycles. The molecule has 1 aliphatic carbocycles. The number of carbonyl (C=O) groups excluding carboxylic acids is 1. The number of hydrogen-bond donors (Lipinski definition) is 1. The Morgan fingerprint density at radius 2 is 1.57 bits per heavy atom. The van der Waals surface area contributed by atoms with E-state index in [1.54, 1.807) is 6.07 Å². The molecule has 0 radical (unpaired) electrons. The van der Waals surface area contributed by atoms with Crippen LogP contribution in [0.3, 0.4) is 0 Å². The standard InChI is InChI=1S/C25H25F6NO4S/c1-15(33)32-22-14-20(36-25(29,30)31)9-10-23(22)34-18-7-5-16(6-8-18)12-21(37)13-17-3-2-4-19(11-17)35-24(26,27)28/h2-4,9-11,14,16,18H,5-8,12-13H2,1H3,(H,32,33). The van der Waals surface area contributed by atoms with Crippen LogP contribution in [0.2, 0.25) is 0 Å². The highest BCUT2D eigenvalue weighted by atomic mass is 32.1. The van der Waals surface area contributed by atoms with Crippen molar-refractivity contribution in [3.05, 3.63) is 48.0 Å². The largest absolute Gasteiger partial charge is 0.573 e. The number of hydrogen-bond acceptors (Lipinski definition) is 5. The lowest BCUT2D eigenvalue weighted by molar-refractivity contribution is -0.275. The second-order valence-corrected chi connectivity index (χ2v) is 9.34. The minimum atomic E-state index is -4.87. The first-order valence-corrected chi connectivity index (χ1v) is 11.9. The first-order chi connectivity index (χ1) is 17.3. The van der Waals surface area contributed by atoms with Crippen molar-refractivity contribution in [1.29, 1.82) is 0 Å². The summed E-state index contributed by atoms with van der Waals surface area (Å²) in [5, 5.41) is 2.46. The second kappa shape index (κ2) is 12.0. The lowest BCUT2D eigenvalue weighted by atomic mass is 9.84. The molecule has 2 aromatic carbocycles. The molecule has 1 fully saturated rings. The van der Waals surface area contributed by atoms with Crippen LogP contribution < -0.4 is 19.5 Å². The summed E-state index contributed by atoms with van der Waals surface area (Å²) in [6.45, 7) is 1.23. The summed E-state index contributed by atoms with van der Waals surface area (Å²) in [5.41, 5.74) is 0.710. The average Bonchev–Trinajstić information content (AvgIpc) is 2.74. The van der Waals surface area contributed by atoms with Crippen LogP contribution in [0.15, 0.2) is 42.5 Å². The Hall–Kier alpha value is -3.02. The van der Waals surface area contributed by atoms with Gasteiger partial charge < -0.3 is 19.5 Å². The number of rotatable bonds is 9. The van der Waals surface area contributed by atoms with Gasteiger partial charge in [0.2, 0.25) is 5.91 Å². The Morgan fingerprint density at radius 3 is 2.16 bits per heavy atom. The summed E-state index contributed by atoms with van der Waals surface area (Å²) in [5.74, 6) is -0.718. The van der Waals surface area contributed by atoms with Crippen molar-refractivity contribution in [2.45, 2.75) is 64.3 Å². The summed E-state index contributed by atoms with van der Waals surface area (Å²) >= 11 is 5.48. The molecule has 12 heteroatoms. The fourth-order valence-corrected chi connectivity index (χ4v) is 4.61. The number of carbonyl (C=O) groups is 1. The topological polar surface area (TPSA) is 56.8 Å². The van der Waals surface area contributed by atoms with Crippen molar-refractivity contribution in [1.82, 2.24) is 0 Å². The van der Waals surface area contributed by atoms with E-state index in [0.29, 0.717) is 31.2 Å². The van der Waals surface area contributed by atoms with Crippen LogP contribution in [0, 0.1) is 5.92 Å². The highest BCUT2D eigenvalue weighted by Gasteiger charge is 2.32. The fourth-order valence-electron chi connectivity index (χ4n) is 4.20. The number of benzene rings is 2. The highest BCUT2D eigenvalue weighted by Crippen LogP contribution is 2.36. The Kier molecular flexibility index (Phi) is 9.27. The van der Waals surface area contributed by atoms with Crippen molar-refractivity contribution in [3.8, 4) is 17.2 Å². The molecule has 0 aliphatic heterocycles. The zero-order valence-corrected chi connectivity index (χ0v) is 20.6. The van der Waals surface area contributed by atoms with Crippen LogP contribution >= 0.6 is 12.2 Å². The first kappa shape index (κ1) is 28.5. The lowest BCUT2D eigenvalue weighted by Gasteiger charge is -2.30. The Balaban J connectivity index is 1.52. The summed E-state index contributed by atoms with van der Waals surface area (Å²) in [7, 11) is 0. The Bertz CT molecular complexity index is 1100. The molecule has 0 saturated heterocycles. The number of halogens is 6. The Labute approximate surface area is 215 Å². The van der Waals surface area contributed by atoms with Crippen LogP contribution in [0.5, 0.6) is 17.2 Å². The van der Waals surface area contributed by atoms with Gasteiger partial charge in [0.1, 0.15) is 17.2 Å². The number of thiocarbonyl (C=S) groups is 1. The van der Waals surface area contributed by atoms with Crippen molar-refractivity contribution in [2.24, 2.45) is 5.92 Å². The van der Waals surface area contributed by atoms with Gasteiger partial charge in [-0.3, -0.25) is 4.79 Å². The highest BCUT2D eigenvalue weighted by molar-refractivity contribution is 7.80. The van der Waals surface area contributed by atoms with Crippen molar-refractivity contribution < 1.29 is 45.3 Å². The fraction of sp³-hybridized carbons (Fsp3) is 0.440. The van der Waals surface area contributed by atoms with E-state index in [4.69, 9.17) is 17.0 Å². The third-order valence-electron chi connectivity index (χ3n) is 5.63. The van der Waals surface area contributed by atoms with E-state index >= 15 is 0 Å². The molecule has 1 N–H and O–H groups in total. The van der Waals surface area contributed by atoms with Crippen molar-refractivity contribution in [2.75, 3.05) is 5.32 Å². The van der Waals surface area contributed by atoms with Crippen LogP contribution in [0.4, 0.5) is 32.0 Å². The SMILES string of the molecule is CC(=O)Nc1cc(OC(F)(F)F)ccc1OC1CCC(CC(=S)Cc2cccc(OC(F)(F)F)c2)CC1. The van der Waals surface area contributed by atoms with Crippen LogP contribution in [0.1, 0.15) is 44.6 Å². The number of amides is 1. The lowest BCUT2D eigenvalue weighted by Crippen LogP contribution is -2.26. The molecule has 5 nitrogen and oxygen atoms in total. The van der Waals surface area contributed by atoms with Gasteiger partial charge in [-0.25, -0.2) is 0 Å². The van der Waals surface area contributed by atoms with E-state index in [1.165, 1.54) is 31.2 Å². The normalized spacial score (nSPS) is 18.1. The smallest absolute Gasteiger partial charge is 0.488 e. The second-order valence-electron chi connectivity index (χ2n) is 8.76. The molecule has 0 atom stereocenters. The monoisotopic (exact) mass is 549 g/mol. The first-order valence-electron chi connectivity index (χ1n) is 11.5. The molecular formula is C25H25F6NO4S. The third kappa shape index (κ3) is 10.1. The van der Waals surface area contributed by atoms with E-state index in [1.807, 2.05) is 0 Å². The number of ether oxygens (including phenoxy) is 3. The maximum Gasteiger partial charge on any atom is 0.573 e. The van der Waals surface area contributed by atoms with Crippen LogP contribution in [-0.2, 0) is 11.2 Å². The zero-order valence-electron chi connectivity index (χ0n) is 19.7. The van der Waals surface area contributed by atoms with Gasteiger partial charge in [0, 0.05) is 19.4 Å². The van der Waals surface area contributed by atoms with Crippen molar-refractivity contribution >= 4 is 28.7 Å². The summed E-state index contributed by atoms with van der Waals surface area (Å²) in [6.07, 6.45) is -5.94. The molecule has 0 unspecified atom stereocenters. The maximum atomic E-state index is 12.5. The van der Waals surface area contributed by atoms with Crippen molar-refractivity contribution in [3.63, 3.8) is 0 Å². The zero-order chi connectivity index (χ0) is 27.2. The van der Waals surface area contributed by atoms with Crippen LogP contribution in [0.25, 0.3) is 0 Å². The minimum Gasteiger partial charge on any atom is -0.488 e. The average molecular weight is 550 g/mol. The molecule has 2 aromatic rings. The summed E-state index contributed by atoms with van der Waals surface area (Å²) in [6, 6.07) is 9.23. The van der Waals surface area contributed by atoms with E-state index in [2.05, 4.69) is 14.8 Å². The van der Waals surface area contributed by atoms with Gasteiger partial charge in [0.25, 0.3) is 0 Å². The van der Waals surface area contributed by atoms with Crippen LogP contribution in [-0.4, -0.2) is 29.6 Å². The predicted molar refractivity (Wildman–Crippen MR) is 128 cm³/mol. The molecule has 0 heterocycles. The van der Waals surface area contributed by atoms with Gasteiger partial charge in [0.15, 0.2) is 0 Å². The molecule has 0 bridgehead atoms. The number of nitrogens with one attached hydrogen (secondary N) is 1. The Morgan fingerprint density at radius 1 is 0.946 bits per heavy atom. The van der Waals surface area contributed by atoms with E-state index < -0.39 is 24.4 Å². The van der Waals surface area contributed by atoms with Gasteiger partial charge in [-0.2, -0.15) is 0 Å². The van der Waals surface area contributed by atoms with Gasteiger partial charge in [-0.15, -0.1) is 26.3 Å². The molecule has 202 valence electrons. The van der Waals surface area contributed by atoms with E-state index in [-0.39, 0.29) is 29.2 Å². The summed E-state index contributed by atoms with van der Waals surface area (Å²) in [4.78, 5) is 12.2. The molecule has 0 spiro atoms. The molecule has 0 aromatic heterocycles. The summed E-state index contributed by atoms with van der Waals surface area (Å²) < 4.78 is 88.8. The predicted octanol–water partition coefficient (Wildman–Crippen LogP) is 7.38. The van der Waals surface area contributed by atoms with Gasteiger partial charge in [-0.05, 0) is 72.7 Å². The quantitative estimate of drug-likeness (QED) is 0.261. The molecule has 1 amide bonds. The minimum absolute atomic E-state index is 0.0780. The number of anilines is 1. The van der Waals surface area contributed by atoms with E-state index in [0.717, 1.165) is 29.8 Å². The molecule has 3 rings (SSSR count). The molecule has 37 heavy (non-hydrogen) atoms. The molecule has 1 aliphatic rings. The third-order valence-corrected chi connectivity index (χ3v) is 5.94. The van der Waals surface area contributed by atoms with Gasteiger partial charge in [-0.1, -0.05) is 24.4 Å². The number of alkyl halides is 6.